The van der Waals surface area contributed by atoms with E-state index in [0.717, 1.165) is 22.3 Å². The third kappa shape index (κ3) is 4.45. The van der Waals surface area contributed by atoms with Crippen molar-refractivity contribution >= 4 is 22.8 Å². The summed E-state index contributed by atoms with van der Waals surface area (Å²) in [5.41, 5.74) is 4.01. The number of hydrogen-bond acceptors (Lipinski definition) is 6. The number of pyridine rings is 2. The molecular weight excluding hydrogens is 367 g/mol. The molecule has 7 heteroatoms. The molecule has 0 bridgehead atoms. The molecule has 4 rings (SSSR count). The van der Waals surface area contributed by atoms with E-state index >= 15 is 0 Å². The smallest absolute Gasteiger partial charge is 0.225 e. The molecule has 0 aliphatic heterocycles. The second-order valence-electron chi connectivity index (χ2n) is 6.98. The van der Waals surface area contributed by atoms with Crippen LogP contribution in [0.1, 0.15) is 19.4 Å². The molecule has 0 saturated heterocycles. The van der Waals surface area contributed by atoms with Crippen molar-refractivity contribution in [2.45, 2.75) is 26.4 Å². The molecule has 29 heavy (non-hydrogen) atoms. The van der Waals surface area contributed by atoms with Crippen molar-refractivity contribution in [3.63, 3.8) is 0 Å². The maximum atomic E-state index is 13.2. The molecule has 4 aromatic rings. The Morgan fingerprint density at radius 1 is 0.966 bits per heavy atom. The fourth-order valence-corrected chi connectivity index (χ4v) is 2.93. The Balaban J connectivity index is 1.70. The minimum absolute atomic E-state index is 0.176. The van der Waals surface area contributed by atoms with E-state index in [9.17, 15) is 4.39 Å². The highest BCUT2D eigenvalue weighted by atomic mass is 19.1. The van der Waals surface area contributed by atoms with Crippen LogP contribution in [0.25, 0.3) is 22.3 Å². The quantitative estimate of drug-likeness (QED) is 0.500. The number of halogens is 1. The van der Waals surface area contributed by atoms with Crippen LogP contribution in [-0.2, 0) is 6.54 Å². The van der Waals surface area contributed by atoms with E-state index in [0.29, 0.717) is 23.8 Å². The largest absolute Gasteiger partial charge is 0.366 e. The van der Waals surface area contributed by atoms with Gasteiger partial charge >= 0.3 is 0 Å². The molecule has 0 saturated carbocycles. The number of fused-ring (bicyclic) bond motifs is 1. The molecule has 0 fully saturated rings. The van der Waals surface area contributed by atoms with Crippen molar-refractivity contribution in [2.24, 2.45) is 0 Å². The molecule has 2 N–H and O–H groups in total. The summed E-state index contributed by atoms with van der Waals surface area (Å²) in [7, 11) is 0. The zero-order chi connectivity index (χ0) is 20.2. The fourth-order valence-electron chi connectivity index (χ4n) is 2.93. The lowest BCUT2D eigenvalue weighted by Crippen LogP contribution is -2.14. The van der Waals surface area contributed by atoms with Gasteiger partial charge in [0.15, 0.2) is 5.82 Å². The monoisotopic (exact) mass is 388 g/mol. The van der Waals surface area contributed by atoms with E-state index in [1.165, 1.54) is 12.1 Å². The maximum absolute atomic E-state index is 13.2. The maximum Gasteiger partial charge on any atom is 0.225 e. The summed E-state index contributed by atoms with van der Waals surface area (Å²) in [6.07, 6.45) is 3.54. The lowest BCUT2D eigenvalue weighted by molar-refractivity contribution is 0.628. The van der Waals surface area contributed by atoms with E-state index in [-0.39, 0.29) is 11.9 Å². The third-order valence-corrected chi connectivity index (χ3v) is 4.28. The number of nitrogens with zero attached hydrogens (tertiary/aromatic N) is 4. The number of aromatic nitrogens is 4. The van der Waals surface area contributed by atoms with Gasteiger partial charge < -0.3 is 10.6 Å². The highest BCUT2D eigenvalue weighted by Gasteiger charge is 2.12. The van der Waals surface area contributed by atoms with Crippen LogP contribution >= 0.6 is 0 Å². The highest BCUT2D eigenvalue weighted by molar-refractivity contribution is 5.88. The summed E-state index contributed by atoms with van der Waals surface area (Å²) in [6, 6.07) is 14.1. The van der Waals surface area contributed by atoms with Gasteiger partial charge in [-0.15, -0.1) is 0 Å². The van der Waals surface area contributed by atoms with Gasteiger partial charge in [0.05, 0.1) is 11.2 Å². The van der Waals surface area contributed by atoms with Crippen LogP contribution in [0.4, 0.5) is 16.2 Å². The Morgan fingerprint density at radius 3 is 2.52 bits per heavy atom. The molecule has 0 aliphatic carbocycles. The van der Waals surface area contributed by atoms with E-state index in [1.54, 1.807) is 24.5 Å². The van der Waals surface area contributed by atoms with E-state index < -0.39 is 0 Å². The van der Waals surface area contributed by atoms with Crippen molar-refractivity contribution in [3.05, 3.63) is 72.3 Å². The Labute approximate surface area is 168 Å². The molecule has 0 amide bonds. The summed E-state index contributed by atoms with van der Waals surface area (Å²) < 4.78 is 13.2. The molecule has 3 heterocycles. The molecule has 0 unspecified atom stereocenters. The average Bonchev–Trinajstić information content (AvgIpc) is 2.73. The lowest BCUT2D eigenvalue weighted by Gasteiger charge is -2.14. The first-order chi connectivity index (χ1) is 14.1. The summed E-state index contributed by atoms with van der Waals surface area (Å²) >= 11 is 0. The average molecular weight is 388 g/mol. The van der Waals surface area contributed by atoms with Gasteiger partial charge in [-0.2, -0.15) is 4.98 Å². The van der Waals surface area contributed by atoms with Crippen LogP contribution in [0.5, 0.6) is 0 Å². The van der Waals surface area contributed by atoms with Gasteiger partial charge in [0.1, 0.15) is 11.3 Å². The van der Waals surface area contributed by atoms with E-state index in [2.05, 4.69) is 25.6 Å². The molecule has 6 nitrogen and oxygen atoms in total. The number of hydrogen-bond donors (Lipinski definition) is 2. The Morgan fingerprint density at radius 2 is 1.79 bits per heavy atom. The van der Waals surface area contributed by atoms with Gasteiger partial charge in [0.2, 0.25) is 5.95 Å². The number of benzene rings is 1. The molecule has 0 spiro atoms. The minimum Gasteiger partial charge on any atom is -0.366 e. The molecule has 0 radical (unpaired) electrons. The number of rotatable bonds is 6. The first-order valence-corrected chi connectivity index (χ1v) is 9.42. The van der Waals surface area contributed by atoms with Crippen LogP contribution in [0.2, 0.25) is 0 Å². The van der Waals surface area contributed by atoms with Crippen molar-refractivity contribution in [1.29, 1.82) is 0 Å². The molecule has 0 aliphatic rings. The number of nitrogens with one attached hydrogen (secondary N) is 2. The SMILES string of the molecule is CC(C)Nc1nc(NCc2cccnc2)nc2ccc(-c3ccc(F)cc3)nc12. The topological polar surface area (TPSA) is 75.6 Å². The van der Waals surface area contributed by atoms with Crippen LogP contribution in [0.3, 0.4) is 0 Å². The first kappa shape index (κ1) is 18.7. The highest BCUT2D eigenvalue weighted by Crippen LogP contribution is 2.26. The van der Waals surface area contributed by atoms with Gasteiger partial charge in [0, 0.05) is 30.5 Å². The van der Waals surface area contributed by atoms with Gasteiger partial charge in [-0.3, -0.25) is 4.98 Å². The van der Waals surface area contributed by atoms with Gasteiger partial charge in [0.25, 0.3) is 0 Å². The lowest BCUT2D eigenvalue weighted by atomic mass is 10.1. The minimum atomic E-state index is -0.274. The Hall–Kier alpha value is -3.61. The van der Waals surface area contributed by atoms with Crippen LogP contribution in [-0.4, -0.2) is 26.0 Å². The predicted molar refractivity (Wildman–Crippen MR) is 113 cm³/mol. The third-order valence-electron chi connectivity index (χ3n) is 4.28. The Bertz CT molecular complexity index is 1110. The van der Waals surface area contributed by atoms with Crippen molar-refractivity contribution in [3.8, 4) is 11.3 Å². The van der Waals surface area contributed by atoms with Crippen molar-refractivity contribution in [1.82, 2.24) is 19.9 Å². The van der Waals surface area contributed by atoms with E-state index in [4.69, 9.17) is 4.98 Å². The second-order valence-corrected chi connectivity index (χ2v) is 6.98. The van der Waals surface area contributed by atoms with Gasteiger partial charge in [-0.05, 0) is 61.9 Å². The van der Waals surface area contributed by atoms with Crippen LogP contribution in [0, 0.1) is 5.82 Å². The van der Waals surface area contributed by atoms with Gasteiger partial charge in [-0.1, -0.05) is 6.07 Å². The summed E-state index contributed by atoms with van der Waals surface area (Å²) in [6.45, 7) is 4.66. The predicted octanol–water partition coefficient (Wildman–Crippen LogP) is 4.66. The zero-order valence-corrected chi connectivity index (χ0v) is 16.2. The summed E-state index contributed by atoms with van der Waals surface area (Å²) in [5.74, 6) is 0.896. The molecule has 3 aromatic heterocycles. The van der Waals surface area contributed by atoms with Crippen molar-refractivity contribution in [2.75, 3.05) is 10.6 Å². The standard InChI is InChI=1S/C22H21FN6/c1-14(2)26-21-20-19(10-9-18(27-20)16-5-7-17(23)8-6-16)28-22(29-21)25-13-15-4-3-11-24-12-15/h3-12,14H,13H2,1-2H3,(H2,25,26,28,29). The summed E-state index contributed by atoms with van der Waals surface area (Å²) in [5, 5.41) is 6.60. The molecule has 1 aromatic carbocycles. The zero-order valence-electron chi connectivity index (χ0n) is 16.2. The molecule has 0 atom stereocenters. The number of anilines is 2. The normalized spacial score (nSPS) is 11.0. The Kier molecular flexibility index (Phi) is 5.29. The van der Waals surface area contributed by atoms with E-state index in [1.807, 2.05) is 38.1 Å². The fraction of sp³-hybridized carbons (Fsp3) is 0.182. The molecular formula is C22H21FN6. The van der Waals surface area contributed by atoms with Gasteiger partial charge in [-0.25, -0.2) is 14.4 Å². The summed E-state index contributed by atoms with van der Waals surface area (Å²) in [4.78, 5) is 18.1. The van der Waals surface area contributed by atoms with Crippen LogP contribution < -0.4 is 10.6 Å². The second kappa shape index (κ2) is 8.18. The van der Waals surface area contributed by atoms with Crippen molar-refractivity contribution < 1.29 is 4.39 Å². The molecule has 146 valence electrons. The first-order valence-electron chi connectivity index (χ1n) is 9.42. The van der Waals surface area contributed by atoms with Crippen LogP contribution in [0.15, 0.2) is 60.9 Å².